The number of benzene rings is 1. The fraction of sp³-hybridized carbons (Fsp3) is 0.385. The van der Waals surface area contributed by atoms with Crippen LogP contribution >= 0.6 is 0 Å². The fourth-order valence-corrected chi connectivity index (χ4v) is 1.41. The van der Waals surface area contributed by atoms with Gasteiger partial charge in [-0.2, -0.15) is 0 Å². The minimum Gasteiger partial charge on any atom is -0.478 e. The highest BCUT2D eigenvalue weighted by Gasteiger charge is 2.16. The fourth-order valence-electron chi connectivity index (χ4n) is 1.41. The minimum absolute atomic E-state index is 0.0426. The molecule has 1 aromatic carbocycles. The summed E-state index contributed by atoms with van der Waals surface area (Å²) in [4.78, 5) is 22.2. The number of hydrogen-bond acceptors (Lipinski definition) is 4. The first-order valence-electron chi connectivity index (χ1n) is 5.77. The molecule has 0 spiro atoms. The highest BCUT2D eigenvalue weighted by atomic mass is 16.6. The summed E-state index contributed by atoms with van der Waals surface area (Å²) in [7, 11) is 0. The summed E-state index contributed by atoms with van der Waals surface area (Å²) in [6, 6.07) is 4.52. The number of carboxylic acid groups (broad SMARTS) is 1. The van der Waals surface area contributed by atoms with Crippen LogP contribution in [0, 0.1) is 0 Å². The Morgan fingerprint density at radius 3 is 2.47 bits per heavy atom. The molecule has 4 N–H and O–H groups in total. The first-order chi connectivity index (χ1) is 8.69. The molecule has 0 aromatic heterocycles. The first kappa shape index (κ1) is 14.8. The largest absolute Gasteiger partial charge is 0.478 e. The van der Waals surface area contributed by atoms with Crippen molar-refractivity contribution in [1.82, 2.24) is 5.32 Å². The van der Waals surface area contributed by atoms with Gasteiger partial charge in [0.15, 0.2) is 0 Å². The van der Waals surface area contributed by atoms with Crippen molar-refractivity contribution in [2.24, 2.45) is 0 Å². The van der Waals surface area contributed by atoms with Crippen LogP contribution in [0.1, 0.15) is 36.7 Å². The maximum absolute atomic E-state index is 11.4. The Hall–Kier alpha value is -2.24. The quantitative estimate of drug-likeness (QED) is 0.726. The summed E-state index contributed by atoms with van der Waals surface area (Å²) < 4.78 is 5.08. The number of hydrogen-bond donors (Lipinski definition) is 3. The number of ether oxygens (including phenoxy) is 1. The molecule has 0 saturated heterocycles. The van der Waals surface area contributed by atoms with Crippen LogP contribution in [-0.2, 0) is 11.3 Å². The average molecular weight is 266 g/mol. The number of carbonyl (C=O) groups is 2. The number of alkyl carbamates (subject to hydrolysis) is 1. The van der Waals surface area contributed by atoms with Gasteiger partial charge < -0.3 is 20.9 Å². The van der Waals surface area contributed by atoms with Crippen molar-refractivity contribution in [2.75, 3.05) is 5.73 Å². The van der Waals surface area contributed by atoms with Gasteiger partial charge in [0.25, 0.3) is 0 Å². The summed E-state index contributed by atoms with van der Waals surface area (Å²) in [6.45, 7) is 5.53. The van der Waals surface area contributed by atoms with E-state index in [-0.39, 0.29) is 17.8 Å². The predicted octanol–water partition coefficient (Wildman–Crippen LogP) is 1.99. The number of rotatable bonds is 3. The molecule has 0 atom stereocenters. The van der Waals surface area contributed by atoms with Gasteiger partial charge in [0, 0.05) is 12.2 Å². The summed E-state index contributed by atoms with van der Waals surface area (Å²) in [5, 5.41) is 11.4. The molecular formula is C13H18N2O4. The van der Waals surface area contributed by atoms with Crippen molar-refractivity contribution in [3.05, 3.63) is 29.3 Å². The molecule has 0 aliphatic carbocycles. The summed E-state index contributed by atoms with van der Waals surface area (Å²) in [5.41, 5.74) is 5.95. The maximum atomic E-state index is 11.4. The molecule has 0 saturated carbocycles. The van der Waals surface area contributed by atoms with Crippen molar-refractivity contribution < 1.29 is 19.4 Å². The molecule has 0 aliphatic heterocycles. The van der Waals surface area contributed by atoms with E-state index in [1.807, 2.05) is 0 Å². The van der Waals surface area contributed by atoms with Crippen LogP contribution in [0.25, 0.3) is 0 Å². The zero-order valence-electron chi connectivity index (χ0n) is 11.2. The Kier molecular flexibility index (Phi) is 4.37. The second-order valence-corrected chi connectivity index (χ2v) is 5.08. The Labute approximate surface area is 111 Å². The van der Waals surface area contributed by atoms with Crippen molar-refractivity contribution in [2.45, 2.75) is 32.9 Å². The second-order valence-electron chi connectivity index (χ2n) is 5.08. The van der Waals surface area contributed by atoms with E-state index < -0.39 is 17.7 Å². The number of aromatic carboxylic acids is 1. The lowest BCUT2D eigenvalue weighted by molar-refractivity contribution is 0.0522. The molecule has 1 amide bonds. The topological polar surface area (TPSA) is 102 Å². The standard InChI is InChI=1S/C13H18N2O4/c1-13(2,3)19-12(18)15-7-8-4-5-9(11(16)17)10(14)6-8/h4-6H,7,14H2,1-3H3,(H,15,18)(H,16,17). The van der Waals surface area contributed by atoms with Crippen LogP contribution in [0.15, 0.2) is 18.2 Å². The van der Waals surface area contributed by atoms with Crippen LogP contribution in [0.3, 0.4) is 0 Å². The van der Waals surface area contributed by atoms with E-state index in [9.17, 15) is 9.59 Å². The molecule has 104 valence electrons. The molecule has 0 heterocycles. The van der Waals surface area contributed by atoms with Gasteiger partial charge in [0.05, 0.1) is 5.56 Å². The van der Waals surface area contributed by atoms with Gasteiger partial charge in [-0.3, -0.25) is 0 Å². The molecule has 0 unspecified atom stereocenters. The van der Waals surface area contributed by atoms with Gasteiger partial charge in [-0.1, -0.05) is 6.07 Å². The zero-order valence-corrected chi connectivity index (χ0v) is 11.2. The van der Waals surface area contributed by atoms with E-state index in [4.69, 9.17) is 15.6 Å². The monoisotopic (exact) mass is 266 g/mol. The molecule has 6 heteroatoms. The predicted molar refractivity (Wildman–Crippen MR) is 70.9 cm³/mol. The van der Waals surface area contributed by atoms with Crippen molar-refractivity contribution in [1.29, 1.82) is 0 Å². The Morgan fingerprint density at radius 1 is 1.37 bits per heavy atom. The highest BCUT2D eigenvalue weighted by molar-refractivity contribution is 5.93. The molecule has 0 fully saturated rings. The van der Waals surface area contributed by atoms with Gasteiger partial charge in [-0.15, -0.1) is 0 Å². The molecular weight excluding hydrogens is 248 g/mol. The summed E-state index contributed by atoms with van der Waals surface area (Å²) in [5.74, 6) is -1.08. The molecule has 1 rings (SSSR count). The van der Waals surface area contributed by atoms with Crippen molar-refractivity contribution in [3.8, 4) is 0 Å². The van der Waals surface area contributed by atoms with E-state index >= 15 is 0 Å². The first-order valence-corrected chi connectivity index (χ1v) is 5.77. The van der Waals surface area contributed by atoms with E-state index in [0.29, 0.717) is 5.56 Å². The Morgan fingerprint density at radius 2 is 2.00 bits per heavy atom. The van der Waals surface area contributed by atoms with E-state index in [0.717, 1.165) is 0 Å². The minimum atomic E-state index is -1.08. The third-order valence-corrected chi connectivity index (χ3v) is 2.18. The van der Waals surface area contributed by atoms with Crippen LogP contribution in [-0.4, -0.2) is 22.8 Å². The van der Waals surface area contributed by atoms with Gasteiger partial charge >= 0.3 is 12.1 Å². The number of amides is 1. The highest BCUT2D eigenvalue weighted by Crippen LogP contribution is 2.14. The normalized spacial score (nSPS) is 10.9. The third-order valence-electron chi connectivity index (χ3n) is 2.18. The second kappa shape index (κ2) is 5.60. The molecule has 0 bridgehead atoms. The van der Waals surface area contributed by atoms with Gasteiger partial charge in [-0.05, 0) is 38.5 Å². The van der Waals surface area contributed by atoms with E-state index in [1.54, 1.807) is 26.8 Å². The lowest BCUT2D eigenvalue weighted by Crippen LogP contribution is -2.32. The zero-order chi connectivity index (χ0) is 14.6. The lowest BCUT2D eigenvalue weighted by Gasteiger charge is -2.19. The van der Waals surface area contributed by atoms with Crippen LogP contribution < -0.4 is 11.1 Å². The van der Waals surface area contributed by atoms with E-state index in [2.05, 4.69) is 5.32 Å². The number of carbonyl (C=O) groups excluding carboxylic acids is 1. The number of carboxylic acids is 1. The maximum Gasteiger partial charge on any atom is 0.407 e. The van der Waals surface area contributed by atoms with Crippen molar-refractivity contribution in [3.63, 3.8) is 0 Å². The molecule has 19 heavy (non-hydrogen) atoms. The van der Waals surface area contributed by atoms with Gasteiger partial charge in [0.1, 0.15) is 5.60 Å². The number of anilines is 1. The van der Waals surface area contributed by atoms with E-state index in [1.165, 1.54) is 12.1 Å². The molecule has 0 radical (unpaired) electrons. The van der Waals surface area contributed by atoms with Crippen LogP contribution in [0.2, 0.25) is 0 Å². The summed E-state index contributed by atoms with van der Waals surface area (Å²) in [6.07, 6.45) is -0.534. The smallest absolute Gasteiger partial charge is 0.407 e. The molecule has 0 aliphatic rings. The van der Waals surface area contributed by atoms with Gasteiger partial charge in [-0.25, -0.2) is 9.59 Å². The SMILES string of the molecule is CC(C)(C)OC(=O)NCc1ccc(C(=O)O)c(N)c1. The Bertz CT molecular complexity index is 492. The van der Waals surface area contributed by atoms with Gasteiger partial charge in [0.2, 0.25) is 0 Å². The average Bonchev–Trinajstić information content (AvgIpc) is 2.23. The van der Waals surface area contributed by atoms with Crippen molar-refractivity contribution >= 4 is 17.7 Å². The molecule has 6 nitrogen and oxygen atoms in total. The molecule has 1 aromatic rings. The van der Waals surface area contributed by atoms with Crippen LogP contribution in [0.4, 0.5) is 10.5 Å². The third kappa shape index (κ3) is 4.87. The number of nitrogens with one attached hydrogen (secondary N) is 1. The lowest BCUT2D eigenvalue weighted by atomic mass is 10.1. The number of nitrogens with two attached hydrogens (primary N) is 1. The Balaban J connectivity index is 2.62. The summed E-state index contributed by atoms with van der Waals surface area (Å²) >= 11 is 0. The number of nitrogen functional groups attached to an aromatic ring is 1. The van der Waals surface area contributed by atoms with Crippen LogP contribution in [0.5, 0.6) is 0 Å².